The predicted molar refractivity (Wildman–Crippen MR) is 52.1 cm³/mol. The van der Waals surface area contributed by atoms with Gasteiger partial charge < -0.3 is 4.52 Å². The van der Waals surface area contributed by atoms with Gasteiger partial charge in [-0.05, 0) is 30.6 Å². The smallest absolute Gasteiger partial charge is 0.338 e. The molecule has 1 aromatic rings. The Labute approximate surface area is 96.4 Å². The largest absolute Gasteiger partial charge is 0.455 e. The van der Waals surface area contributed by atoms with Crippen molar-refractivity contribution in [2.75, 3.05) is 0 Å². The third-order valence-corrected chi connectivity index (χ3v) is 4.43. The van der Waals surface area contributed by atoms with Crippen LogP contribution in [0.3, 0.4) is 0 Å². The highest BCUT2D eigenvalue weighted by molar-refractivity contribution is 5.30. The Morgan fingerprint density at radius 1 is 1.24 bits per heavy atom. The second-order valence-corrected chi connectivity index (χ2v) is 5.75. The summed E-state index contributed by atoms with van der Waals surface area (Å²) in [5.74, 6) is -0.419. The molecular formula is C11H13F3N2O. The number of hydrogen-bond donors (Lipinski definition) is 0. The lowest BCUT2D eigenvalue weighted by Crippen LogP contribution is -2.66. The second-order valence-electron chi connectivity index (χ2n) is 5.75. The van der Waals surface area contributed by atoms with E-state index in [1.165, 1.54) is 0 Å². The van der Waals surface area contributed by atoms with Crippen LogP contribution in [0.25, 0.3) is 0 Å². The third-order valence-electron chi connectivity index (χ3n) is 4.43. The maximum atomic E-state index is 12.3. The van der Waals surface area contributed by atoms with E-state index in [4.69, 9.17) is 4.52 Å². The Kier molecular flexibility index (Phi) is 1.85. The molecule has 0 spiro atoms. The van der Waals surface area contributed by atoms with Gasteiger partial charge in [0.25, 0.3) is 5.82 Å². The van der Waals surface area contributed by atoms with Crippen LogP contribution >= 0.6 is 0 Å². The Bertz CT molecular complexity index is 444. The van der Waals surface area contributed by atoms with Crippen LogP contribution in [0.5, 0.6) is 0 Å². The van der Waals surface area contributed by atoms with Crippen molar-refractivity contribution in [3.63, 3.8) is 0 Å². The first-order valence-electron chi connectivity index (χ1n) is 5.69. The molecule has 4 rings (SSSR count). The number of aromatic nitrogens is 2. The molecule has 94 valence electrons. The van der Waals surface area contributed by atoms with Crippen LogP contribution in [-0.4, -0.2) is 10.1 Å². The normalized spacial score (nSPS) is 35.6. The van der Waals surface area contributed by atoms with Gasteiger partial charge in [0.2, 0.25) is 5.89 Å². The van der Waals surface area contributed by atoms with E-state index in [0.29, 0.717) is 11.3 Å². The van der Waals surface area contributed by atoms with Crippen molar-refractivity contribution in [2.24, 2.45) is 11.3 Å². The molecule has 0 saturated heterocycles. The van der Waals surface area contributed by atoms with Crippen LogP contribution in [0, 0.1) is 11.3 Å². The van der Waals surface area contributed by atoms with Crippen LogP contribution in [0.1, 0.15) is 44.8 Å². The first-order valence-corrected chi connectivity index (χ1v) is 5.69. The minimum Gasteiger partial charge on any atom is -0.338 e. The lowest BCUT2D eigenvalue weighted by atomic mass is 9.32. The zero-order valence-corrected chi connectivity index (χ0v) is 9.64. The summed E-state index contributed by atoms with van der Waals surface area (Å²) in [6.07, 6.45) is -1.85. The van der Waals surface area contributed by atoms with Crippen molar-refractivity contribution in [3.05, 3.63) is 11.7 Å². The summed E-state index contributed by atoms with van der Waals surface area (Å²) in [6, 6.07) is 0. The minimum absolute atomic E-state index is 0.173. The number of rotatable bonds is 2. The fraction of sp³-hybridized carbons (Fsp3) is 0.818. The Hall–Kier alpha value is -1.07. The van der Waals surface area contributed by atoms with Gasteiger partial charge in [-0.15, -0.1) is 0 Å². The van der Waals surface area contributed by atoms with E-state index in [1.807, 2.05) is 0 Å². The first-order chi connectivity index (χ1) is 7.78. The number of nitrogens with zero attached hydrogens (tertiary/aromatic N) is 2. The minimum atomic E-state index is -4.51. The Morgan fingerprint density at radius 3 is 2.24 bits per heavy atom. The molecular weight excluding hydrogens is 233 g/mol. The molecule has 17 heavy (non-hydrogen) atoms. The van der Waals surface area contributed by atoms with Crippen LogP contribution in [0.2, 0.25) is 0 Å². The highest BCUT2D eigenvalue weighted by Gasteiger charge is 2.71. The second kappa shape index (κ2) is 2.84. The van der Waals surface area contributed by atoms with Crippen molar-refractivity contribution in [1.82, 2.24) is 10.1 Å². The molecule has 3 fully saturated rings. The van der Waals surface area contributed by atoms with Gasteiger partial charge in [0.15, 0.2) is 0 Å². The zero-order valence-electron chi connectivity index (χ0n) is 9.64. The highest BCUT2D eigenvalue weighted by Crippen LogP contribution is 2.76. The third kappa shape index (κ3) is 1.29. The Morgan fingerprint density at radius 2 is 1.82 bits per heavy atom. The fourth-order valence-corrected chi connectivity index (χ4v) is 3.26. The zero-order chi connectivity index (χ0) is 12.5. The van der Waals surface area contributed by atoms with E-state index in [1.54, 1.807) is 0 Å². The summed E-state index contributed by atoms with van der Waals surface area (Å²) in [5, 5.41) is 3.02. The molecule has 0 radical (unpaired) electrons. The monoisotopic (exact) mass is 246 g/mol. The lowest BCUT2D eigenvalue weighted by molar-refractivity contribution is -0.185. The molecule has 0 amide bonds. The molecule has 0 N–H and O–H groups in total. The van der Waals surface area contributed by atoms with Crippen molar-refractivity contribution in [3.8, 4) is 0 Å². The molecule has 0 atom stereocenters. The molecule has 6 heteroatoms. The molecule has 3 aliphatic rings. The summed E-state index contributed by atoms with van der Waals surface area (Å²) in [5.41, 5.74) is 0.0631. The average molecular weight is 246 g/mol. The molecule has 0 aliphatic heterocycles. The SMILES string of the molecule is CC(C)C12CC(c3nc(C(F)(F)F)no3)(C1)C2. The highest BCUT2D eigenvalue weighted by atomic mass is 19.4. The molecule has 0 aromatic carbocycles. The van der Waals surface area contributed by atoms with Crippen molar-refractivity contribution in [2.45, 2.75) is 44.7 Å². The van der Waals surface area contributed by atoms with E-state index < -0.39 is 12.0 Å². The lowest BCUT2D eigenvalue weighted by Gasteiger charge is -2.71. The Balaban J connectivity index is 1.79. The van der Waals surface area contributed by atoms with Crippen LogP contribution < -0.4 is 0 Å². The van der Waals surface area contributed by atoms with Crippen molar-refractivity contribution >= 4 is 0 Å². The molecule has 3 saturated carbocycles. The summed E-state index contributed by atoms with van der Waals surface area (Å²) in [7, 11) is 0. The first kappa shape index (κ1) is 11.0. The number of halogens is 3. The number of alkyl halides is 3. The molecule has 3 aliphatic carbocycles. The van der Waals surface area contributed by atoms with Gasteiger partial charge in [-0.25, -0.2) is 0 Å². The van der Waals surface area contributed by atoms with Gasteiger partial charge in [-0.2, -0.15) is 18.2 Å². The standard InChI is InChI=1S/C11H13F3N2O/c1-6(2)9-3-10(4-9,5-9)8-15-7(16-17-8)11(12,13)14/h6H,3-5H2,1-2H3. The van der Waals surface area contributed by atoms with Gasteiger partial charge in [0.05, 0.1) is 5.41 Å². The topological polar surface area (TPSA) is 38.9 Å². The predicted octanol–water partition coefficient (Wildman–Crippen LogP) is 3.17. The summed E-state index contributed by atoms with van der Waals surface area (Å²) < 4.78 is 41.8. The fourth-order valence-electron chi connectivity index (χ4n) is 3.26. The van der Waals surface area contributed by atoms with Gasteiger partial charge >= 0.3 is 6.18 Å². The molecule has 1 aromatic heterocycles. The summed E-state index contributed by atoms with van der Waals surface area (Å²) >= 11 is 0. The van der Waals surface area contributed by atoms with Gasteiger partial charge in [-0.3, -0.25) is 0 Å². The van der Waals surface area contributed by atoms with Crippen LogP contribution in [0.15, 0.2) is 4.52 Å². The molecule has 1 heterocycles. The average Bonchev–Trinajstić information content (AvgIpc) is 2.45. The number of hydrogen-bond acceptors (Lipinski definition) is 3. The van der Waals surface area contributed by atoms with E-state index in [9.17, 15) is 13.2 Å². The molecule has 3 nitrogen and oxygen atoms in total. The van der Waals surface area contributed by atoms with Crippen molar-refractivity contribution in [1.29, 1.82) is 0 Å². The van der Waals surface area contributed by atoms with Crippen LogP contribution in [0.4, 0.5) is 13.2 Å². The van der Waals surface area contributed by atoms with Gasteiger partial charge in [0.1, 0.15) is 0 Å². The van der Waals surface area contributed by atoms with E-state index in [2.05, 4.69) is 24.0 Å². The van der Waals surface area contributed by atoms with E-state index in [0.717, 1.165) is 19.3 Å². The van der Waals surface area contributed by atoms with Gasteiger partial charge in [0, 0.05) is 0 Å². The molecule has 0 unspecified atom stereocenters. The van der Waals surface area contributed by atoms with Gasteiger partial charge in [-0.1, -0.05) is 19.0 Å². The quantitative estimate of drug-likeness (QED) is 0.804. The maximum absolute atomic E-state index is 12.3. The summed E-state index contributed by atoms with van der Waals surface area (Å²) in [6.45, 7) is 4.30. The van der Waals surface area contributed by atoms with Crippen LogP contribution in [-0.2, 0) is 11.6 Å². The van der Waals surface area contributed by atoms with E-state index >= 15 is 0 Å². The summed E-state index contributed by atoms with van der Waals surface area (Å²) in [4.78, 5) is 3.50. The maximum Gasteiger partial charge on any atom is 0.455 e. The molecule has 2 bridgehead atoms. The van der Waals surface area contributed by atoms with E-state index in [-0.39, 0.29) is 11.3 Å². The van der Waals surface area contributed by atoms with Crippen molar-refractivity contribution < 1.29 is 17.7 Å².